The van der Waals surface area contributed by atoms with Gasteiger partial charge in [0.1, 0.15) is 0 Å². The van der Waals surface area contributed by atoms with Crippen molar-refractivity contribution in [1.82, 2.24) is 0 Å². The molecule has 152 valence electrons. The van der Waals surface area contributed by atoms with Crippen LogP contribution < -0.4 is 0 Å². The van der Waals surface area contributed by atoms with E-state index in [2.05, 4.69) is 13.8 Å². The Hall–Kier alpha value is -1.06. The van der Waals surface area contributed by atoms with Gasteiger partial charge in [-0.05, 0) is 80.5 Å². The number of ether oxygens (including phenoxy) is 2. The zero-order chi connectivity index (χ0) is 19.4. The Balaban J connectivity index is 1.76. The van der Waals surface area contributed by atoms with Crippen molar-refractivity contribution in [2.45, 2.75) is 97.7 Å². The highest BCUT2D eigenvalue weighted by molar-refractivity contribution is 5.69. The Labute approximate surface area is 163 Å². The summed E-state index contributed by atoms with van der Waals surface area (Å²) in [5, 5.41) is 0. The maximum absolute atomic E-state index is 12.1. The number of carbonyl (C=O) groups is 2. The average Bonchev–Trinajstić information content (AvgIpc) is 2.96. The zero-order valence-electron chi connectivity index (χ0n) is 17.5. The van der Waals surface area contributed by atoms with E-state index in [1.807, 2.05) is 0 Å². The summed E-state index contributed by atoms with van der Waals surface area (Å²) in [6.07, 6.45) is 11.7. The van der Waals surface area contributed by atoms with Gasteiger partial charge in [-0.25, -0.2) is 0 Å². The van der Waals surface area contributed by atoms with Gasteiger partial charge in [0.15, 0.2) is 0 Å². The van der Waals surface area contributed by atoms with Gasteiger partial charge < -0.3 is 9.47 Å². The topological polar surface area (TPSA) is 52.6 Å². The van der Waals surface area contributed by atoms with Gasteiger partial charge >= 0.3 is 11.9 Å². The normalized spacial score (nSPS) is 45.2. The summed E-state index contributed by atoms with van der Waals surface area (Å²) in [6.45, 7) is 7.69. The molecule has 27 heavy (non-hydrogen) atoms. The molecule has 4 aliphatic carbocycles. The highest BCUT2D eigenvalue weighted by Crippen LogP contribution is 2.69. The van der Waals surface area contributed by atoms with E-state index in [9.17, 15) is 9.59 Å². The van der Waals surface area contributed by atoms with Crippen molar-refractivity contribution in [3.8, 4) is 0 Å². The van der Waals surface area contributed by atoms with Gasteiger partial charge in [-0.15, -0.1) is 0 Å². The van der Waals surface area contributed by atoms with E-state index in [0.717, 1.165) is 18.8 Å². The quantitative estimate of drug-likeness (QED) is 0.488. The molecule has 0 saturated heterocycles. The molecule has 0 aromatic rings. The molecule has 0 radical (unpaired) electrons. The molecule has 0 spiro atoms. The monoisotopic (exact) mass is 376 g/mol. The summed E-state index contributed by atoms with van der Waals surface area (Å²) in [5.74, 6) is 0.662. The SMILES string of the molecule is CC(=O)OC1(OC(C)=O)CCCC2CC[C@H]3[C@@H]4CCC[C@@]4(C)CC[C@@H]3[C@]21C. The second kappa shape index (κ2) is 6.49. The number of esters is 2. The summed E-state index contributed by atoms with van der Waals surface area (Å²) >= 11 is 0. The third-order valence-electron chi connectivity index (χ3n) is 9.18. The van der Waals surface area contributed by atoms with Gasteiger partial charge in [0.25, 0.3) is 5.79 Å². The number of hydrogen-bond donors (Lipinski definition) is 0. The summed E-state index contributed by atoms with van der Waals surface area (Å²) < 4.78 is 11.9. The molecule has 4 saturated carbocycles. The molecular weight excluding hydrogens is 340 g/mol. The number of hydrogen-bond acceptors (Lipinski definition) is 4. The summed E-state index contributed by atoms with van der Waals surface area (Å²) in [6, 6.07) is 0. The fourth-order valence-electron chi connectivity index (χ4n) is 8.12. The van der Waals surface area contributed by atoms with Crippen LogP contribution in [-0.2, 0) is 19.1 Å². The average molecular weight is 377 g/mol. The Morgan fingerprint density at radius 3 is 2.11 bits per heavy atom. The van der Waals surface area contributed by atoms with Crippen LogP contribution in [0.3, 0.4) is 0 Å². The predicted octanol–water partition coefficient (Wildman–Crippen LogP) is 5.24. The van der Waals surface area contributed by atoms with Crippen molar-refractivity contribution in [3.63, 3.8) is 0 Å². The molecule has 0 amide bonds. The van der Waals surface area contributed by atoms with Crippen molar-refractivity contribution in [1.29, 1.82) is 0 Å². The third-order valence-corrected chi connectivity index (χ3v) is 9.18. The van der Waals surface area contributed by atoms with Crippen LogP contribution in [0.25, 0.3) is 0 Å². The van der Waals surface area contributed by atoms with Crippen LogP contribution in [0.2, 0.25) is 0 Å². The molecule has 4 nitrogen and oxygen atoms in total. The highest BCUT2D eigenvalue weighted by atomic mass is 16.7. The van der Waals surface area contributed by atoms with Crippen LogP contribution in [0.1, 0.15) is 91.9 Å². The van der Waals surface area contributed by atoms with Gasteiger partial charge in [0, 0.05) is 20.3 Å². The standard InChI is InChI=1S/C23H36O4/c1-15(24)26-23(27-16(2)25)13-5-7-17-9-10-18-19-8-6-12-21(19,3)14-11-20(18)22(17,23)4/h17-20H,5-14H2,1-4H3/t17?,18-,19-,20-,21-,22-/m0/s1. The molecule has 0 bridgehead atoms. The summed E-state index contributed by atoms with van der Waals surface area (Å²) in [7, 11) is 0. The van der Waals surface area contributed by atoms with Crippen LogP contribution in [-0.4, -0.2) is 17.7 Å². The molecule has 1 unspecified atom stereocenters. The first-order valence-corrected chi connectivity index (χ1v) is 11.1. The molecule has 0 N–H and O–H groups in total. The minimum atomic E-state index is -1.08. The van der Waals surface area contributed by atoms with Crippen molar-refractivity contribution in [2.75, 3.05) is 0 Å². The second-order valence-electron chi connectivity index (χ2n) is 10.4. The van der Waals surface area contributed by atoms with Crippen LogP contribution in [0, 0.1) is 34.5 Å². The molecular formula is C23H36O4. The largest absolute Gasteiger partial charge is 0.422 e. The Morgan fingerprint density at radius 2 is 1.44 bits per heavy atom. The minimum Gasteiger partial charge on any atom is -0.422 e. The molecule has 4 rings (SSSR count). The van der Waals surface area contributed by atoms with Gasteiger partial charge in [-0.2, -0.15) is 0 Å². The highest BCUT2D eigenvalue weighted by Gasteiger charge is 2.68. The van der Waals surface area contributed by atoms with Gasteiger partial charge in [0.2, 0.25) is 0 Å². The zero-order valence-corrected chi connectivity index (χ0v) is 17.5. The van der Waals surface area contributed by atoms with E-state index in [1.165, 1.54) is 58.8 Å². The van der Waals surface area contributed by atoms with E-state index in [0.29, 0.717) is 29.6 Å². The van der Waals surface area contributed by atoms with E-state index < -0.39 is 5.79 Å². The smallest absolute Gasteiger partial charge is 0.305 e. The first kappa shape index (κ1) is 19.3. The van der Waals surface area contributed by atoms with Crippen LogP contribution >= 0.6 is 0 Å². The molecule has 0 aliphatic heterocycles. The number of rotatable bonds is 2. The molecule has 6 atom stereocenters. The van der Waals surface area contributed by atoms with Crippen LogP contribution in [0.4, 0.5) is 0 Å². The predicted molar refractivity (Wildman–Crippen MR) is 103 cm³/mol. The summed E-state index contributed by atoms with van der Waals surface area (Å²) in [5.41, 5.74) is 0.222. The minimum absolute atomic E-state index is 0.268. The van der Waals surface area contributed by atoms with Crippen LogP contribution in [0.15, 0.2) is 0 Å². The molecule has 4 aliphatic rings. The molecule has 4 fully saturated rings. The van der Waals surface area contributed by atoms with Gasteiger partial charge in [-0.3, -0.25) is 9.59 Å². The van der Waals surface area contributed by atoms with Crippen molar-refractivity contribution >= 4 is 11.9 Å². The second-order valence-corrected chi connectivity index (χ2v) is 10.4. The Kier molecular flexibility index (Phi) is 4.63. The molecule has 0 aromatic heterocycles. The lowest BCUT2D eigenvalue weighted by Crippen LogP contribution is -2.65. The Bertz CT molecular complexity index is 612. The number of carbonyl (C=O) groups excluding carboxylic acids is 2. The van der Waals surface area contributed by atoms with Crippen molar-refractivity contribution in [2.24, 2.45) is 34.5 Å². The van der Waals surface area contributed by atoms with E-state index >= 15 is 0 Å². The molecule has 0 aromatic carbocycles. The fourth-order valence-corrected chi connectivity index (χ4v) is 8.12. The maximum atomic E-state index is 12.1. The van der Waals surface area contributed by atoms with Crippen molar-refractivity contribution < 1.29 is 19.1 Å². The molecule has 4 heteroatoms. The lowest BCUT2D eigenvalue weighted by molar-refractivity contribution is -0.322. The van der Waals surface area contributed by atoms with E-state index in [-0.39, 0.29) is 17.4 Å². The number of fused-ring (bicyclic) bond motifs is 5. The van der Waals surface area contributed by atoms with E-state index in [1.54, 1.807) is 0 Å². The maximum Gasteiger partial charge on any atom is 0.305 e. The lowest BCUT2D eigenvalue weighted by Gasteiger charge is -2.64. The van der Waals surface area contributed by atoms with Crippen LogP contribution in [0.5, 0.6) is 0 Å². The third kappa shape index (κ3) is 2.76. The first-order chi connectivity index (χ1) is 12.7. The van der Waals surface area contributed by atoms with E-state index in [4.69, 9.17) is 9.47 Å². The Morgan fingerprint density at radius 1 is 0.778 bits per heavy atom. The lowest BCUT2D eigenvalue weighted by atomic mass is 9.43. The van der Waals surface area contributed by atoms with Gasteiger partial charge in [-0.1, -0.05) is 20.3 Å². The fraction of sp³-hybridized carbons (Fsp3) is 0.913. The van der Waals surface area contributed by atoms with Crippen molar-refractivity contribution in [3.05, 3.63) is 0 Å². The van der Waals surface area contributed by atoms with Gasteiger partial charge in [0.05, 0.1) is 5.41 Å². The summed E-state index contributed by atoms with van der Waals surface area (Å²) in [4.78, 5) is 24.2. The molecule has 0 heterocycles. The first-order valence-electron chi connectivity index (χ1n) is 11.1.